The molecule has 3 unspecified atom stereocenters. The number of amides is 1. The van der Waals surface area contributed by atoms with Crippen LogP contribution < -0.4 is 5.32 Å². The molecule has 1 amide bonds. The van der Waals surface area contributed by atoms with E-state index in [0.29, 0.717) is 12.1 Å². The smallest absolute Gasteiger partial charge is 0.251 e. The zero-order valence-corrected chi connectivity index (χ0v) is 13.5. The quantitative estimate of drug-likeness (QED) is 0.878. The van der Waals surface area contributed by atoms with Gasteiger partial charge in [0.15, 0.2) is 0 Å². The van der Waals surface area contributed by atoms with E-state index >= 15 is 0 Å². The van der Waals surface area contributed by atoms with Crippen molar-refractivity contribution < 1.29 is 13.9 Å². The van der Waals surface area contributed by atoms with E-state index in [1.54, 1.807) is 25.1 Å². The monoisotopic (exact) mass is 308 g/mol. The van der Waals surface area contributed by atoms with E-state index in [1.165, 1.54) is 6.07 Å². The molecule has 1 aromatic carbocycles. The Morgan fingerprint density at radius 2 is 2.14 bits per heavy atom. The molecule has 1 saturated heterocycles. The normalized spacial score (nSPS) is 22.5. The molecule has 0 spiro atoms. The van der Waals surface area contributed by atoms with Crippen molar-refractivity contribution in [3.05, 3.63) is 35.6 Å². The minimum atomic E-state index is -0.338. The van der Waals surface area contributed by atoms with Crippen LogP contribution in [0.1, 0.15) is 37.8 Å². The van der Waals surface area contributed by atoms with E-state index in [2.05, 4.69) is 5.32 Å². The number of hydrogen-bond donors (Lipinski definition) is 1. The molecule has 0 aliphatic carbocycles. The Hall–Kier alpha value is -1.46. The summed E-state index contributed by atoms with van der Waals surface area (Å²) in [5, 5.41) is 3.37. The maximum atomic E-state index is 13.9. The molecule has 1 N–H and O–H groups in total. The van der Waals surface area contributed by atoms with Crippen LogP contribution >= 0.6 is 0 Å². The van der Waals surface area contributed by atoms with E-state index < -0.39 is 0 Å². The van der Waals surface area contributed by atoms with Crippen LogP contribution in [0, 0.1) is 5.82 Å². The molecule has 1 aromatic rings. The second-order valence-corrected chi connectivity index (χ2v) is 5.95. The molecular weight excluding hydrogens is 283 g/mol. The molecule has 1 aliphatic heterocycles. The van der Waals surface area contributed by atoms with E-state index in [-0.39, 0.29) is 30.0 Å². The molecule has 1 aliphatic rings. The maximum Gasteiger partial charge on any atom is 0.251 e. The predicted molar refractivity (Wildman–Crippen MR) is 84.0 cm³/mol. The Morgan fingerprint density at radius 3 is 2.77 bits per heavy atom. The van der Waals surface area contributed by atoms with Crippen LogP contribution in [0.5, 0.6) is 0 Å². The number of nitrogens with zero attached hydrogens (tertiary/aromatic N) is 1. The summed E-state index contributed by atoms with van der Waals surface area (Å²) in [5.74, 6) is -0.168. The van der Waals surface area contributed by atoms with Crippen LogP contribution in [0.25, 0.3) is 0 Å². The molecular formula is C17H25FN2O2. The largest absolute Gasteiger partial charge is 0.364 e. The first-order chi connectivity index (χ1) is 10.5. The van der Waals surface area contributed by atoms with Crippen molar-refractivity contribution in [2.45, 2.75) is 44.4 Å². The molecule has 0 saturated carbocycles. The molecule has 4 nitrogen and oxygen atoms in total. The summed E-state index contributed by atoms with van der Waals surface area (Å²) >= 11 is 0. The summed E-state index contributed by atoms with van der Waals surface area (Å²) in [6.07, 6.45) is 2.07. The van der Waals surface area contributed by atoms with Gasteiger partial charge in [-0.25, -0.2) is 4.39 Å². The van der Waals surface area contributed by atoms with Crippen LogP contribution in [0.3, 0.4) is 0 Å². The number of nitrogens with one attached hydrogen (secondary N) is 1. The van der Waals surface area contributed by atoms with Crippen molar-refractivity contribution in [3.8, 4) is 0 Å². The predicted octanol–water partition coefficient (Wildman–Crippen LogP) is 2.50. The SMILES string of the molecule is CCC(NCC1CCC(C(=O)N(C)C)O1)c1ccccc1F. The second-order valence-electron chi connectivity index (χ2n) is 5.95. The molecule has 3 atom stereocenters. The number of hydrogen-bond acceptors (Lipinski definition) is 3. The fraction of sp³-hybridized carbons (Fsp3) is 0.588. The number of carbonyl (C=O) groups is 1. The van der Waals surface area contributed by atoms with Crippen molar-refractivity contribution in [2.24, 2.45) is 0 Å². The number of likely N-dealkylation sites (N-methyl/N-ethyl adjacent to an activating group) is 1. The maximum absolute atomic E-state index is 13.9. The highest BCUT2D eigenvalue weighted by Crippen LogP contribution is 2.23. The fourth-order valence-electron chi connectivity index (χ4n) is 2.83. The fourth-order valence-corrected chi connectivity index (χ4v) is 2.83. The molecule has 2 rings (SSSR count). The van der Waals surface area contributed by atoms with Gasteiger partial charge in [-0.1, -0.05) is 25.1 Å². The first-order valence-corrected chi connectivity index (χ1v) is 7.87. The number of halogens is 1. The first-order valence-electron chi connectivity index (χ1n) is 7.87. The van der Waals surface area contributed by atoms with Crippen LogP contribution in [0.2, 0.25) is 0 Å². The van der Waals surface area contributed by atoms with Gasteiger partial charge in [0, 0.05) is 32.2 Å². The van der Waals surface area contributed by atoms with E-state index in [0.717, 1.165) is 19.3 Å². The lowest BCUT2D eigenvalue weighted by Crippen LogP contribution is -2.36. The summed E-state index contributed by atoms with van der Waals surface area (Å²) < 4.78 is 19.7. The summed E-state index contributed by atoms with van der Waals surface area (Å²) in [6, 6.07) is 6.80. The second kappa shape index (κ2) is 7.70. The molecule has 122 valence electrons. The average Bonchev–Trinajstić information content (AvgIpc) is 2.97. The molecule has 1 heterocycles. The van der Waals surface area contributed by atoms with Gasteiger partial charge >= 0.3 is 0 Å². The summed E-state index contributed by atoms with van der Waals surface area (Å²) in [5.41, 5.74) is 0.684. The first kappa shape index (κ1) is 16.9. The highest BCUT2D eigenvalue weighted by atomic mass is 19.1. The Kier molecular flexibility index (Phi) is 5.91. The molecule has 0 radical (unpaired) electrons. The topological polar surface area (TPSA) is 41.6 Å². The van der Waals surface area contributed by atoms with Crippen molar-refractivity contribution >= 4 is 5.91 Å². The van der Waals surface area contributed by atoms with Gasteiger partial charge in [-0.05, 0) is 25.3 Å². The third-order valence-electron chi connectivity index (χ3n) is 4.10. The van der Waals surface area contributed by atoms with Crippen molar-refractivity contribution in [2.75, 3.05) is 20.6 Å². The van der Waals surface area contributed by atoms with Gasteiger partial charge < -0.3 is 15.0 Å². The van der Waals surface area contributed by atoms with Crippen LogP contribution in [-0.2, 0) is 9.53 Å². The van der Waals surface area contributed by atoms with E-state index in [4.69, 9.17) is 4.74 Å². The van der Waals surface area contributed by atoms with Gasteiger partial charge in [0.1, 0.15) is 11.9 Å². The molecule has 0 aromatic heterocycles. The molecule has 22 heavy (non-hydrogen) atoms. The van der Waals surface area contributed by atoms with E-state index in [9.17, 15) is 9.18 Å². The van der Waals surface area contributed by atoms with Gasteiger partial charge in [-0.15, -0.1) is 0 Å². The van der Waals surface area contributed by atoms with Gasteiger partial charge in [-0.3, -0.25) is 4.79 Å². The minimum absolute atomic E-state index is 0.00900. The van der Waals surface area contributed by atoms with Crippen molar-refractivity contribution in [1.29, 1.82) is 0 Å². The van der Waals surface area contributed by atoms with E-state index in [1.807, 2.05) is 19.1 Å². The number of benzene rings is 1. The third-order valence-corrected chi connectivity index (χ3v) is 4.10. The molecule has 5 heteroatoms. The van der Waals surface area contributed by atoms with Crippen LogP contribution in [0.15, 0.2) is 24.3 Å². The van der Waals surface area contributed by atoms with Gasteiger partial charge in [0.2, 0.25) is 0 Å². The highest BCUT2D eigenvalue weighted by Gasteiger charge is 2.31. The Labute approximate surface area is 131 Å². The van der Waals surface area contributed by atoms with Gasteiger partial charge in [0.25, 0.3) is 5.91 Å². The Balaban J connectivity index is 1.87. The minimum Gasteiger partial charge on any atom is -0.364 e. The standard InChI is InChI=1S/C17H25FN2O2/c1-4-15(13-7-5-6-8-14(13)18)19-11-12-9-10-16(22-12)17(21)20(2)3/h5-8,12,15-16,19H,4,9-11H2,1-3H3. The molecule has 1 fully saturated rings. The lowest BCUT2D eigenvalue weighted by molar-refractivity contribution is -0.140. The zero-order chi connectivity index (χ0) is 16.1. The van der Waals surface area contributed by atoms with Gasteiger partial charge in [0.05, 0.1) is 6.10 Å². The Morgan fingerprint density at radius 1 is 1.41 bits per heavy atom. The van der Waals surface area contributed by atoms with Crippen LogP contribution in [-0.4, -0.2) is 43.7 Å². The highest BCUT2D eigenvalue weighted by molar-refractivity contribution is 5.80. The van der Waals surface area contributed by atoms with Gasteiger partial charge in [-0.2, -0.15) is 0 Å². The zero-order valence-electron chi connectivity index (χ0n) is 13.5. The number of carbonyl (C=O) groups excluding carboxylic acids is 1. The summed E-state index contributed by atoms with van der Waals surface area (Å²) in [7, 11) is 3.48. The van der Waals surface area contributed by atoms with Crippen molar-refractivity contribution in [1.82, 2.24) is 10.2 Å². The lowest BCUT2D eigenvalue weighted by atomic mass is 10.0. The Bertz CT molecular complexity index is 507. The summed E-state index contributed by atoms with van der Waals surface area (Å²) in [4.78, 5) is 13.4. The number of rotatable bonds is 6. The third kappa shape index (κ3) is 4.05. The number of ether oxygens (including phenoxy) is 1. The van der Waals surface area contributed by atoms with Crippen molar-refractivity contribution in [3.63, 3.8) is 0 Å². The lowest BCUT2D eigenvalue weighted by Gasteiger charge is -2.21. The van der Waals surface area contributed by atoms with Crippen LogP contribution in [0.4, 0.5) is 4.39 Å². The summed E-state index contributed by atoms with van der Waals surface area (Å²) in [6.45, 7) is 2.65. The average molecular weight is 308 g/mol. The molecule has 0 bridgehead atoms.